The Bertz CT molecular complexity index is 263. The summed E-state index contributed by atoms with van der Waals surface area (Å²) in [4.78, 5) is 12.0. The zero-order valence-electron chi connectivity index (χ0n) is 9.96. The molecule has 1 amide bonds. The number of nitrogens with one attached hydrogen (secondary N) is 1. The first-order valence-electron chi connectivity index (χ1n) is 5.98. The van der Waals surface area contributed by atoms with Crippen LogP contribution in [0.2, 0.25) is 0 Å². The van der Waals surface area contributed by atoms with Gasteiger partial charge in [-0.3, -0.25) is 9.00 Å². The van der Waals surface area contributed by atoms with Crippen LogP contribution < -0.4 is 11.1 Å². The summed E-state index contributed by atoms with van der Waals surface area (Å²) >= 11 is 0. The Morgan fingerprint density at radius 1 is 1.44 bits per heavy atom. The molecule has 1 unspecified atom stereocenters. The Balaban J connectivity index is 2.36. The van der Waals surface area contributed by atoms with Crippen molar-refractivity contribution in [3.8, 4) is 0 Å². The van der Waals surface area contributed by atoms with Crippen molar-refractivity contribution in [1.82, 2.24) is 5.32 Å². The molecule has 1 saturated carbocycles. The Morgan fingerprint density at radius 3 is 2.56 bits per heavy atom. The topological polar surface area (TPSA) is 72.2 Å². The maximum absolute atomic E-state index is 12.0. The zero-order chi connectivity index (χ0) is 12.0. The molecule has 0 bridgehead atoms. The number of carbonyl (C=O) groups is 1. The van der Waals surface area contributed by atoms with E-state index in [0.29, 0.717) is 24.6 Å². The third-order valence-electron chi connectivity index (χ3n) is 3.37. The number of hydrogen-bond donors (Lipinski definition) is 2. The minimum absolute atomic E-state index is 0.0561. The molecule has 1 atom stereocenters. The van der Waals surface area contributed by atoms with Gasteiger partial charge in [0.2, 0.25) is 5.91 Å². The minimum atomic E-state index is -0.806. The fraction of sp³-hybridized carbons (Fsp3) is 0.909. The van der Waals surface area contributed by atoms with E-state index in [2.05, 4.69) is 5.32 Å². The fourth-order valence-corrected chi connectivity index (χ4v) is 2.80. The summed E-state index contributed by atoms with van der Waals surface area (Å²) in [5.41, 5.74) is 5.37. The molecule has 16 heavy (non-hydrogen) atoms. The Hall–Kier alpha value is -0.420. The molecule has 0 saturated heterocycles. The molecule has 4 nitrogen and oxygen atoms in total. The molecule has 0 heterocycles. The van der Waals surface area contributed by atoms with Gasteiger partial charge in [-0.2, -0.15) is 0 Å². The van der Waals surface area contributed by atoms with Gasteiger partial charge in [0, 0.05) is 35.4 Å². The van der Waals surface area contributed by atoms with E-state index in [0.717, 1.165) is 25.7 Å². The first kappa shape index (κ1) is 13.6. The van der Waals surface area contributed by atoms with Crippen molar-refractivity contribution in [3.63, 3.8) is 0 Å². The van der Waals surface area contributed by atoms with Crippen LogP contribution in [0, 0.1) is 5.41 Å². The van der Waals surface area contributed by atoms with Crippen molar-refractivity contribution < 1.29 is 9.00 Å². The first-order chi connectivity index (χ1) is 7.64. The van der Waals surface area contributed by atoms with Gasteiger partial charge in [-0.1, -0.05) is 19.8 Å². The third-order valence-corrected chi connectivity index (χ3v) is 4.67. The SMILES string of the molecule is CCS(=O)CCNC(=O)C1(CN)CCCC1. The highest BCUT2D eigenvalue weighted by molar-refractivity contribution is 7.84. The van der Waals surface area contributed by atoms with Crippen LogP contribution in [-0.4, -0.2) is 34.7 Å². The van der Waals surface area contributed by atoms with Crippen LogP contribution in [-0.2, 0) is 15.6 Å². The van der Waals surface area contributed by atoms with Gasteiger partial charge in [-0.15, -0.1) is 0 Å². The molecule has 3 N–H and O–H groups in total. The summed E-state index contributed by atoms with van der Waals surface area (Å²) in [7, 11) is -0.806. The zero-order valence-corrected chi connectivity index (χ0v) is 10.8. The molecule has 0 aromatic rings. The second kappa shape index (κ2) is 6.35. The van der Waals surface area contributed by atoms with Gasteiger partial charge in [0.15, 0.2) is 0 Å². The second-order valence-corrected chi connectivity index (χ2v) is 6.25. The quantitative estimate of drug-likeness (QED) is 0.712. The maximum atomic E-state index is 12.0. The van der Waals surface area contributed by atoms with E-state index in [9.17, 15) is 9.00 Å². The number of hydrogen-bond acceptors (Lipinski definition) is 3. The highest BCUT2D eigenvalue weighted by Crippen LogP contribution is 2.37. The first-order valence-corrected chi connectivity index (χ1v) is 7.47. The van der Waals surface area contributed by atoms with Gasteiger partial charge in [0.1, 0.15) is 0 Å². The molecule has 1 rings (SSSR count). The summed E-state index contributed by atoms with van der Waals surface area (Å²) in [5, 5.41) is 2.87. The van der Waals surface area contributed by atoms with Crippen molar-refractivity contribution in [2.75, 3.05) is 24.6 Å². The van der Waals surface area contributed by atoms with Gasteiger partial charge < -0.3 is 11.1 Å². The van der Waals surface area contributed by atoms with Crippen LogP contribution in [0.15, 0.2) is 0 Å². The van der Waals surface area contributed by atoms with Crippen molar-refractivity contribution in [1.29, 1.82) is 0 Å². The van der Waals surface area contributed by atoms with Crippen LogP contribution in [0.5, 0.6) is 0 Å². The predicted molar refractivity (Wildman–Crippen MR) is 66.5 cm³/mol. The number of amides is 1. The number of rotatable bonds is 6. The van der Waals surface area contributed by atoms with E-state index in [4.69, 9.17) is 5.73 Å². The van der Waals surface area contributed by atoms with Crippen LogP contribution in [0.1, 0.15) is 32.6 Å². The largest absolute Gasteiger partial charge is 0.355 e. The van der Waals surface area contributed by atoms with E-state index < -0.39 is 10.8 Å². The molecule has 0 radical (unpaired) electrons. The summed E-state index contributed by atoms with van der Waals surface area (Å²) in [6.45, 7) is 2.81. The average Bonchev–Trinajstić information content (AvgIpc) is 2.78. The molecule has 0 aromatic heterocycles. The summed E-state index contributed by atoms with van der Waals surface area (Å²) < 4.78 is 11.2. The summed E-state index contributed by atoms with van der Waals surface area (Å²) in [6.07, 6.45) is 3.97. The number of carbonyl (C=O) groups excluding carboxylic acids is 1. The van der Waals surface area contributed by atoms with Crippen molar-refractivity contribution in [2.24, 2.45) is 11.1 Å². The lowest BCUT2D eigenvalue weighted by Gasteiger charge is -2.25. The lowest BCUT2D eigenvalue weighted by atomic mass is 9.85. The van der Waals surface area contributed by atoms with Gasteiger partial charge in [0.25, 0.3) is 0 Å². The van der Waals surface area contributed by atoms with Gasteiger partial charge in [-0.05, 0) is 12.8 Å². The van der Waals surface area contributed by atoms with E-state index in [-0.39, 0.29) is 11.3 Å². The average molecular weight is 246 g/mol. The summed E-state index contributed by atoms with van der Waals surface area (Å²) in [5.74, 6) is 1.25. The molecule has 1 aliphatic carbocycles. The van der Waals surface area contributed by atoms with Crippen LogP contribution in [0.3, 0.4) is 0 Å². The normalized spacial score (nSPS) is 20.6. The van der Waals surface area contributed by atoms with E-state index in [1.807, 2.05) is 6.92 Å². The van der Waals surface area contributed by atoms with Crippen LogP contribution >= 0.6 is 0 Å². The molecule has 0 aromatic carbocycles. The highest BCUT2D eigenvalue weighted by atomic mass is 32.2. The van der Waals surface area contributed by atoms with Crippen molar-refractivity contribution in [2.45, 2.75) is 32.6 Å². The molecule has 5 heteroatoms. The molecule has 0 aliphatic heterocycles. The Labute approximate surface area is 99.8 Å². The molecular weight excluding hydrogens is 224 g/mol. The molecule has 1 fully saturated rings. The van der Waals surface area contributed by atoms with Gasteiger partial charge >= 0.3 is 0 Å². The second-order valence-electron chi connectivity index (χ2n) is 4.38. The van der Waals surface area contributed by atoms with Crippen molar-refractivity contribution >= 4 is 16.7 Å². The minimum Gasteiger partial charge on any atom is -0.355 e. The predicted octanol–water partition coefficient (Wildman–Crippen LogP) is 0.390. The summed E-state index contributed by atoms with van der Waals surface area (Å²) in [6, 6.07) is 0. The Kier molecular flexibility index (Phi) is 5.41. The third kappa shape index (κ3) is 3.28. The van der Waals surface area contributed by atoms with E-state index >= 15 is 0 Å². The fourth-order valence-electron chi connectivity index (χ4n) is 2.19. The van der Waals surface area contributed by atoms with Gasteiger partial charge in [0.05, 0.1) is 5.41 Å². The Morgan fingerprint density at radius 2 is 2.06 bits per heavy atom. The molecule has 1 aliphatic rings. The molecule has 0 spiro atoms. The van der Waals surface area contributed by atoms with Crippen molar-refractivity contribution in [3.05, 3.63) is 0 Å². The lowest BCUT2D eigenvalue weighted by Crippen LogP contribution is -2.45. The highest BCUT2D eigenvalue weighted by Gasteiger charge is 2.39. The maximum Gasteiger partial charge on any atom is 0.227 e. The van der Waals surface area contributed by atoms with E-state index in [1.54, 1.807) is 0 Å². The lowest BCUT2D eigenvalue weighted by molar-refractivity contribution is -0.130. The van der Waals surface area contributed by atoms with Crippen LogP contribution in [0.25, 0.3) is 0 Å². The van der Waals surface area contributed by atoms with Crippen LogP contribution in [0.4, 0.5) is 0 Å². The van der Waals surface area contributed by atoms with E-state index in [1.165, 1.54) is 0 Å². The smallest absolute Gasteiger partial charge is 0.227 e. The van der Waals surface area contributed by atoms with Gasteiger partial charge in [-0.25, -0.2) is 0 Å². The monoisotopic (exact) mass is 246 g/mol. The molecule has 94 valence electrons. The standard InChI is InChI=1S/C11H22N2O2S/c1-2-16(15)8-7-13-10(14)11(9-12)5-3-4-6-11/h2-9,12H2,1H3,(H,13,14). The molecular formula is C11H22N2O2S. The number of nitrogens with two attached hydrogens (primary N) is 1.